The smallest absolute Gasteiger partial charge is 0.141 e. The zero-order chi connectivity index (χ0) is 23.7. The van der Waals surface area contributed by atoms with Crippen LogP contribution in [0.3, 0.4) is 0 Å². The number of nitrogen functional groups attached to an aromatic ring is 1. The van der Waals surface area contributed by atoms with Crippen molar-refractivity contribution >= 4 is 40.0 Å². The standard InChI is InChI=1S/C24H20ClN9/c1-13-5-4-8-17-21(13)34-18(22(33-17)15-6-2-3-7-16(15)25)11-28-24-19(23(27)29-12-30-24)20(26)14-9-31-32-10-14/h2-10,12,26H,11H2,1H3,(H,31,32)(H3,27,28,29,30). The van der Waals surface area contributed by atoms with E-state index >= 15 is 0 Å². The Labute approximate surface area is 200 Å². The van der Waals surface area contributed by atoms with Crippen molar-refractivity contribution in [1.82, 2.24) is 30.1 Å². The van der Waals surface area contributed by atoms with E-state index in [-0.39, 0.29) is 18.1 Å². The van der Waals surface area contributed by atoms with Crippen LogP contribution >= 0.6 is 11.6 Å². The lowest BCUT2D eigenvalue weighted by atomic mass is 10.1. The van der Waals surface area contributed by atoms with Gasteiger partial charge >= 0.3 is 0 Å². The van der Waals surface area contributed by atoms with Gasteiger partial charge in [-0.1, -0.05) is 41.9 Å². The number of aromatic nitrogens is 6. The van der Waals surface area contributed by atoms with E-state index in [2.05, 4.69) is 25.5 Å². The van der Waals surface area contributed by atoms with Crippen molar-refractivity contribution in [1.29, 1.82) is 5.41 Å². The molecule has 0 radical (unpaired) electrons. The molecule has 5 rings (SSSR count). The van der Waals surface area contributed by atoms with Crippen LogP contribution in [0.5, 0.6) is 0 Å². The maximum absolute atomic E-state index is 8.59. The predicted octanol–water partition coefficient (Wildman–Crippen LogP) is 4.38. The van der Waals surface area contributed by atoms with Crippen LogP contribution in [0.2, 0.25) is 5.02 Å². The maximum Gasteiger partial charge on any atom is 0.141 e. The summed E-state index contributed by atoms with van der Waals surface area (Å²) in [6.45, 7) is 2.28. The van der Waals surface area contributed by atoms with E-state index in [9.17, 15) is 0 Å². The van der Waals surface area contributed by atoms with Gasteiger partial charge in [0.1, 0.15) is 18.0 Å². The fourth-order valence-electron chi connectivity index (χ4n) is 3.72. The molecule has 34 heavy (non-hydrogen) atoms. The number of benzene rings is 2. The quantitative estimate of drug-likeness (QED) is 0.270. The summed E-state index contributed by atoms with van der Waals surface area (Å²) < 4.78 is 0. The number of anilines is 2. The largest absolute Gasteiger partial charge is 0.383 e. The number of hydrogen-bond donors (Lipinski definition) is 4. The first-order chi connectivity index (χ1) is 16.5. The summed E-state index contributed by atoms with van der Waals surface area (Å²) >= 11 is 6.51. The van der Waals surface area contributed by atoms with E-state index in [0.717, 1.165) is 22.2 Å². The van der Waals surface area contributed by atoms with Crippen molar-refractivity contribution in [2.24, 2.45) is 0 Å². The zero-order valence-electron chi connectivity index (χ0n) is 18.2. The van der Waals surface area contributed by atoms with Gasteiger partial charge in [-0.15, -0.1) is 0 Å². The van der Waals surface area contributed by atoms with Gasteiger partial charge in [0.05, 0.1) is 51.5 Å². The van der Waals surface area contributed by atoms with E-state index in [0.29, 0.717) is 33.4 Å². The Morgan fingerprint density at radius 1 is 1.12 bits per heavy atom. The molecule has 5 aromatic rings. The van der Waals surface area contributed by atoms with E-state index in [4.69, 9.17) is 32.7 Å². The van der Waals surface area contributed by atoms with Gasteiger partial charge in [-0.3, -0.25) is 10.5 Å². The summed E-state index contributed by atoms with van der Waals surface area (Å²) in [5, 5.41) is 19.1. The minimum atomic E-state index is 0.154. The SMILES string of the molecule is Cc1cccc2nc(-c3ccccc3Cl)c(CNc3ncnc(N)c3C(=N)c3cn[nH]c3)nc12. The van der Waals surface area contributed by atoms with Crippen molar-refractivity contribution in [3.63, 3.8) is 0 Å². The molecule has 3 heterocycles. The normalized spacial score (nSPS) is 11.0. The molecule has 0 bridgehead atoms. The first kappa shape index (κ1) is 21.5. The number of halogens is 1. The number of para-hydroxylation sites is 1. The van der Waals surface area contributed by atoms with Crippen LogP contribution in [0.15, 0.2) is 61.2 Å². The number of aromatic amines is 1. The lowest BCUT2D eigenvalue weighted by Crippen LogP contribution is -2.14. The third kappa shape index (κ3) is 3.93. The number of H-pyrrole nitrogens is 1. The number of aryl methyl sites for hydroxylation is 1. The van der Waals surface area contributed by atoms with Gasteiger partial charge in [-0.2, -0.15) is 5.10 Å². The van der Waals surface area contributed by atoms with Crippen LogP contribution < -0.4 is 11.1 Å². The van der Waals surface area contributed by atoms with E-state index < -0.39 is 0 Å². The second-order valence-corrected chi connectivity index (χ2v) is 8.05. The van der Waals surface area contributed by atoms with Crippen LogP contribution in [0.1, 0.15) is 22.4 Å². The van der Waals surface area contributed by atoms with Crippen LogP contribution in [0.4, 0.5) is 11.6 Å². The van der Waals surface area contributed by atoms with Crippen LogP contribution in [-0.2, 0) is 6.54 Å². The molecule has 2 aromatic carbocycles. The predicted molar refractivity (Wildman–Crippen MR) is 133 cm³/mol. The molecule has 0 saturated carbocycles. The Morgan fingerprint density at radius 3 is 2.76 bits per heavy atom. The van der Waals surface area contributed by atoms with Crippen molar-refractivity contribution in [2.75, 3.05) is 11.1 Å². The number of nitrogens with two attached hydrogens (primary N) is 1. The summed E-state index contributed by atoms with van der Waals surface area (Å²) in [4.78, 5) is 18.2. The van der Waals surface area contributed by atoms with Gasteiger partial charge in [0.25, 0.3) is 0 Å². The molecule has 0 aliphatic carbocycles. The second kappa shape index (κ2) is 8.87. The fraction of sp³-hybridized carbons (Fsp3) is 0.0833. The van der Waals surface area contributed by atoms with Gasteiger partial charge in [-0.25, -0.2) is 19.9 Å². The third-order valence-electron chi connectivity index (χ3n) is 5.43. The molecule has 0 amide bonds. The first-order valence-corrected chi connectivity index (χ1v) is 10.8. The molecule has 0 unspecified atom stereocenters. The van der Waals surface area contributed by atoms with Crippen LogP contribution in [0.25, 0.3) is 22.3 Å². The summed E-state index contributed by atoms with van der Waals surface area (Å²) in [7, 11) is 0. The molecule has 0 saturated heterocycles. The number of nitrogens with zero attached hydrogens (tertiary/aromatic N) is 5. The van der Waals surface area contributed by atoms with Gasteiger partial charge in [-0.05, 0) is 24.6 Å². The lowest BCUT2D eigenvalue weighted by Gasteiger charge is -2.15. The topological polar surface area (TPSA) is 142 Å². The van der Waals surface area contributed by atoms with Crippen molar-refractivity contribution in [2.45, 2.75) is 13.5 Å². The molecule has 5 N–H and O–H groups in total. The Balaban J connectivity index is 1.58. The average molecular weight is 470 g/mol. The molecule has 9 nitrogen and oxygen atoms in total. The molecular weight excluding hydrogens is 450 g/mol. The number of hydrogen-bond acceptors (Lipinski definition) is 8. The zero-order valence-corrected chi connectivity index (χ0v) is 18.9. The first-order valence-electron chi connectivity index (χ1n) is 10.5. The maximum atomic E-state index is 8.59. The summed E-state index contributed by atoms with van der Waals surface area (Å²) in [6, 6.07) is 13.4. The lowest BCUT2D eigenvalue weighted by molar-refractivity contribution is 1.02. The van der Waals surface area contributed by atoms with Crippen molar-refractivity contribution < 1.29 is 0 Å². The highest BCUT2D eigenvalue weighted by Gasteiger charge is 2.19. The molecular formula is C24H20ClN9. The minimum Gasteiger partial charge on any atom is -0.383 e. The van der Waals surface area contributed by atoms with E-state index in [1.165, 1.54) is 6.33 Å². The summed E-state index contributed by atoms with van der Waals surface area (Å²) in [5.74, 6) is 0.603. The van der Waals surface area contributed by atoms with Gasteiger partial charge in [0, 0.05) is 17.3 Å². The Bertz CT molecular complexity index is 1510. The molecule has 0 atom stereocenters. The van der Waals surface area contributed by atoms with Crippen LogP contribution in [-0.4, -0.2) is 35.8 Å². The highest BCUT2D eigenvalue weighted by molar-refractivity contribution is 6.33. The molecule has 0 spiro atoms. The minimum absolute atomic E-state index is 0.154. The Morgan fingerprint density at radius 2 is 1.97 bits per heavy atom. The summed E-state index contributed by atoms with van der Waals surface area (Å²) in [6.07, 6.45) is 4.52. The van der Waals surface area contributed by atoms with Crippen molar-refractivity contribution in [3.05, 3.63) is 88.6 Å². The second-order valence-electron chi connectivity index (χ2n) is 7.64. The molecule has 0 aliphatic heterocycles. The summed E-state index contributed by atoms with van der Waals surface area (Å²) in [5.41, 5.74) is 12.0. The number of fused-ring (bicyclic) bond motifs is 1. The monoisotopic (exact) mass is 469 g/mol. The van der Waals surface area contributed by atoms with Gasteiger partial charge < -0.3 is 11.1 Å². The third-order valence-corrected chi connectivity index (χ3v) is 5.76. The average Bonchev–Trinajstić information content (AvgIpc) is 3.38. The molecule has 168 valence electrons. The van der Waals surface area contributed by atoms with Gasteiger partial charge in [0.2, 0.25) is 0 Å². The van der Waals surface area contributed by atoms with Crippen LogP contribution in [0, 0.1) is 12.3 Å². The fourth-order valence-corrected chi connectivity index (χ4v) is 3.95. The van der Waals surface area contributed by atoms with E-state index in [1.807, 2.05) is 49.4 Å². The Kier molecular flexibility index (Phi) is 5.60. The van der Waals surface area contributed by atoms with Crippen molar-refractivity contribution in [3.8, 4) is 11.3 Å². The number of nitrogens with one attached hydrogen (secondary N) is 3. The highest BCUT2D eigenvalue weighted by Crippen LogP contribution is 2.31. The molecule has 0 aliphatic rings. The van der Waals surface area contributed by atoms with E-state index in [1.54, 1.807) is 12.4 Å². The Hall–Kier alpha value is -4.37. The molecule has 3 aromatic heterocycles. The number of rotatable bonds is 6. The highest BCUT2D eigenvalue weighted by atomic mass is 35.5. The molecule has 0 fully saturated rings. The van der Waals surface area contributed by atoms with Gasteiger partial charge in [0.15, 0.2) is 0 Å². The molecule has 10 heteroatoms.